The lowest BCUT2D eigenvalue weighted by Gasteiger charge is -2.49. The van der Waals surface area contributed by atoms with Gasteiger partial charge in [0.25, 0.3) is 0 Å². The van der Waals surface area contributed by atoms with Crippen LogP contribution in [0.3, 0.4) is 0 Å². The second-order valence-corrected chi connectivity index (χ2v) is 11.6. The second-order valence-electron chi connectivity index (χ2n) is 6.61. The zero-order valence-electron chi connectivity index (χ0n) is 17.5. The monoisotopic (exact) mass is 451 g/mol. The summed E-state index contributed by atoms with van der Waals surface area (Å²) in [6.07, 6.45) is 3.88. The highest BCUT2D eigenvalue weighted by Gasteiger charge is 2.71. The molecule has 9 nitrogen and oxygen atoms in total. The summed E-state index contributed by atoms with van der Waals surface area (Å²) in [6, 6.07) is -1.12. The number of hydrogen-bond acceptors (Lipinski definition) is 8. The standard InChI is InChI=1S/C18H31NO8P2/c1-5-24-28(22,25-6-2)18(29(23,26-7-3)27-8-4)14-10-9-11-15(18)19-16(20)12-13-17(19)21/h9,11,15H,5-8,10,12-14H2,1-4H3. The van der Waals surface area contributed by atoms with Gasteiger partial charge in [-0.15, -0.1) is 0 Å². The first-order valence-corrected chi connectivity index (χ1v) is 13.1. The van der Waals surface area contributed by atoms with Crippen LogP contribution in [-0.2, 0) is 36.8 Å². The van der Waals surface area contributed by atoms with Gasteiger partial charge in [0.1, 0.15) is 0 Å². The van der Waals surface area contributed by atoms with Crippen molar-refractivity contribution in [2.24, 2.45) is 0 Å². The minimum Gasteiger partial charge on any atom is -0.308 e. The fourth-order valence-corrected chi connectivity index (χ4v) is 10.1. The van der Waals surface area contributed by atoms with E-state index in [9.17, 15) is 18.7 Å². The molecule has 1 fully saturated rings. The summed E-state index contributed by atoms with van der Waals surface area (Å²) < 4.78 is 50.9. The number of hydrogen-bond donors (Lipinski definition) is 0. The van der Waals surface area contributed by atoms with Crippen LogP contribution in [0.1, 0.15) is 53.4 Å². The second kappa shape index (κ2) is 9.99. The molecule has 1 aliphatic carbocycles. The van der Waals surface area contributed by atoms with Crippen molar-refractivity contribution >= 4 is 27.0 Å². The van der Waals surface area contributed by atoms with Crippen molar-refractivity contribution in [2.75, 3.05) is 26.4 Å². The maximum Gasteiger partial charge on any atom is 0.351 e. The van der Waals surface area contributed by atoms with E-state index in [0.29, 0.717) is 6.42 Å². The van der Waals surface area contributed by atoms with E-state index in [-0.39, 0.29) is 45.7 Å². The van der Waals surface area contributed by atoms with Crippen LogP contribution in [0.25, 0.3) is 0 Å². The lowest BCUT2D eigenvalue weighted by molar-refractivity contribution is -0.140. The number of likely N-dealkylation sites (tertiary alicyclic amines) is 1. The minimum atomic E-state index is -4.18. The van der Waals surface area contributed by atoms with Gasteiger partial charge in [-0.2, -0.15) is 0 Å². The number of allylic oxidation sites excluding steroid dienone is 1. The third-order valence-electron chi connectivity index (χ3n) is 4.98. The van der Waals surface area contributed by atoms with Crippen LogP contribution in [-0.4, -0.2) is 54.1 Å². The number of carbonyl (C=O) groups is 2. The molecule has 1 unspecified atom stereocenters. The van der Waals surface area contributed by atoms with Gasteiger partial charge in [-0.3, -0.25) is 23.6 Å². The Kier molecular flexibility index (Phi) is 8.42. The van der Waals surface area contributed by atoms with Gasteiger partial charge in [0.2, 0.25) is 11.8 Å². The van der Waals surface area contributed by atoms with Gasteiger partial charge in [0, 0.05) is 12.8 Å². The molecule has 2 aliphatic rings. The number of imide groups is 1. The Bertz CT molecular complexity index is 671. The van der Waals surface area contributed by atoms with Crippen molar-refractivity contribution in [2.45, 2.75) is 64.3 Å². The first-order chi connectivity index (χ1) is 13.8. The van der Waals surface area contributed by atoms with Gasteiger partial charge >= 0.3 is 15.2 Å². The highest BCUT2D eigenvalue weighted by Crippen LogP contribution is 2.81. The summed E-state index contributed by atoms with van der Waals surface area (Å²) in [5, 5.41) is 0. The third kappa shape index (κ3) is 4.18. The molecule has 0 saturated carbocycles. The molecule has 0 radical (unpaired) electrons. The molecule has 1 saturated heterocycles. The molecule has 29 heavy (non-hydrogen) atoms. The molecule has 166 valence electrons. The molecule has 11 heteroatoms. The van der Waals surface area contributed by atoms with Gasteiger partial charge in [-0.1, -0.05) is 12.2 Å². The lowest BCUT2D eigenvalue weighted by atomic mass is 10.00. The number of nitrogens with zero attached hydrogens (tertiary/aromatic N) is 1. The van der Waals surface area contributed by atoms with E-state index < -0.39 is 37.9 Å². The fourth-order valence-electron chi connectivity index (χ4n) is 3.97. The third-order valence-corrected chi connectivity index (χ3v) is 11.7. The SMILES string of the molecule is CCOP(=O)(OCC)C1(P(=O)(OCC)OCC)CCC=CC1N1C(=O)CCC1=O. The summed E-state index contributed by atoms with van der Waals surface area (Å²) in [5.74, 6) is -0.843. The Hall–Kier alpha value is -0.820. The Morgan fingerprint density at radius 1 is 0.897 bits per heavy atom. The fraction of sp³-hybridized carbons (Fsp3) is 0.778. The summed E-state index contributed by atoms with van der Waals surface area (Å²) in [5.41, 5.74) is 0. The molecular weight excluding hydrogens is 420 g/mol. The predicted octanol–water partition coefficient (Wildman–Crippen LogP) is 4.08. The molecule has 2 amide bonds. The molecule has 1 atom stereocenters. The highest BCUT2D eigenvalue weighted by atomic mass is 31.2. The van der Waals surface area contributed by atoms with E-state index in [0.717, 1.165) is 4.90 Å². The van der Waals surface area contributed by atoms with Gasteiger partial charge in [0.15, 0.2) is 4.90 Å². The van der Waals surface area contributed by atoms with Crippen molar-refractivity contribution in [1.82, 2.24) is 4.90 Å². The van der Waals surface area contributed by atoms with Gasteiger partial charge in [0.05, 0.1) is 32.5 Å². The predicted molar refractivity (Wildman–Crippen MR) is 108 cm³/mol. The van der Waals surface area contributed by atoms with Crippen molar-refractivity contribution < 1.29 is 36.8 Å². The van der Waals surface area contributed by atoms with E-state index in [1.807, 2.05) is 0 Å². The normalized spacial score (nSPS) is 22.5. The van der Waals surface area contributed by atoms with Crippen LogP contribution in [0.15, 0.2) is 12.2 Å². The number of rotatable bonds is 11. The Morgan fingerprint density at radius 3 is 1.69 bits per heavy atom. The van der Waals surface area contributed by atoms with Crippen molar-refractivity contribution in [3.63, 3.8) is 0 Å². The van der Waals surface area contributed by atoms with Gasteiger partial charge in [-0.25, -0.2) is 0 Å². The first kappa shape index (κ1) is 24.4. The number of amides is 2. The summed E-state index contributed by atoms with van der Waals surface area (Å²) in [6.45, 7) is 6.67. The topological polar surface area (TPSA) is 108 Å². The van der Waals surface area contributed by atoms with E-state index in [1.54, 1.807) is 39.8 Å². The van der Waals surface area contributed by atoms with Crippen LogP contribution >= 0.6 is 15.2 Å². The van der Waals surface area contributed by atoms with E-state index in [1.165, 1.54) is 0 Å². The molecule has 0 aromatic heterocycles. The molecule has 1 heterocycles. The van der Waals surface area contributed by atoms with Crippen LogP contribution in [0.5, 0.6) is 0 Å². The first-order valence-electron chi connectivity index (χ1n) is 10.1. The molecule has 0 aromatic carbocycles. The van der Waals surface area contributed by atoms with Crippen molar-refractivity contribution in [3.8, 4) is 0 Å². The van der Waals surface area contributed by atoms with Crippen LogP contribution < -0.4 is 0 Å². The maximum absolute atomic E-state index is 14.2. The smallest absolute Gasteiger partial charge is 0.308 e. The Balaban J connectivity index is 2.81. The molecule has 0 spiro atoms. The highest BCUT2D eigenvalue weighted by molar-refractivity contribution is 7.74. The molecule has 2 rings (SSSR count). The van der Waals surface area contributed by atoms with E-state index in [2.05, 4.69) is 0 Å². The van der Waals surface area contributed by atoms with Crippen molar-refractivity contribution in [1.29, 1.82) is 0 Å². The van der Waals surface area contributed by atoms with Crippen LogP contribution in [0.2, 0.25) is 0 Å². The quantitative estimate of drug-likeness (QED) is 0.263. The maximum atomic E-state index is 14.2. The van der Waals surface area contributed by atoms with E-state index in [4.69, 9.17) is 18.1 Å². The zero-order chi connectivity index (χ0) is 21.7. The largest absolute Gasteiger partial charge is 0.351 e. The summed E-state index contributed by atoms with van der Waals surface area (Å²) >= 11 is 0. The van der Waals surface area contributed by atoms with Crippen LogP contribution in [0.4, 0.5) is 0 Å². The molecule has 0 N–H and O–H groups in total. The van der Waals surface area contributed by atoms with Crippen LogP contribution in [0, 0.1) is 0 Å². The zero-order valence-corrected chi connectivity index (χ0v) is 19.3. The minimum absolute atomic E-state index is 0.0234. The van der Waals surface area contributed by atoms with Crippen molar-refractivity contribution in [3.05, 3.63) is 12.2 Å². The molecular formula is C18H31NO8P2. The Morgan fingerprint density at radius 2 is 1.31 bits per heavy atom. The van der Waals surface area contributed by atoms with Gasteiger partial charge < -0.3 is 18.1 Å². The number of carbonyl (C=O) groups excluding carboxylic acids is 2. The lowest BCUT2D eigenvalue weighted by Crippen LogP contribution is -2.55. The van der Waals surface area contributed by atoms with E-state index >= 15 is 0 Å². The molecule has 1 aliphatic heterocycles. The summed E-state index contributed by atoms with van der Waals surface area (Å²) in [4.78, 5) is 24.4. The average Bonchev–Trinajstić information content (AvgIpc) is 3.00. The average molecular weight is 451 g/mol. The Labute approximate surface area is 172 Å². The summed E-state index contributed by atoms with van der Waals surface area (Å²) in [7, 11) is -8.36. The molecule has 0 bridgehead atoms. The molecule has 0 aromatic rings. The van der Waals surface area contributed by atoms with Gasteiger partial charge in [-0.05, 0) is 40.5 Å².